The quantitative estimate of drug-likeness (QED) is 0.685. The van der Waals surface area contributed by atoms with Gasteiger partial charge in [-0.1, -0.05) is 12.5 Å². The Balaban J connectivity index is 2.22. The molecular weight excluding hydrogens is 148 g/mol. The molecule has 1 aliphatic heterocycles. The van der Waals surface area contributed by atoms with Crippen LogP contribution in [-0.4, -0.2) is 11.5 Å². The number of rotatable bonds is 1. The van der Waals surface area contributed by atoms with Crippen molar-refractivity contribution in [1.82, 2.24) is 10.3 Å². The zero-order chi connectivity index (χ0) is 9.97. The molecule has 0 aromatic carbocycles. The molecule has 2 heterocycles. The van der Waals surface area contributed by atoms with Crippen molar-refractivity contribution in [3.8, 4) is 0 Å². The Bertz CT molecular complexity index is 322. The molecule has 0 aliphatic carbocycles. The van der Waals surface area contributed by atoms with E-state index in [4.69, 9.17) is 2.74 Å². The van der Waals surface area contributed by atoms with Crippen molar-refractivity contribution in [3.05, 3.63) is 30.0 Å². The highest BCUT2D eigenvalue weighted by molar-refractivity contribution is 5.14. The highest BCUT2D eigenvalue weighted by atomic mass is 14.9. The van der Waals surface area contributed by atoms with Crippen LogP contribution in [0.25, 0.3) is 0 Å². The molecule has 2 heteroatoms. The second-order valence-corrected chi connectivity index (χ2v) is 3.14. The second kappa shape index (κ2) is 3.68. The van der Waals surface area contributed by atoms with E-state index in [1.165, 1.54) is 12.8 Å². The second-order valence-electron chi connectivity index (χ2n) is 3.14. The van der Waals surface area contributed by atoms with Crippen LogP contribution in [0.3, 0.4) is 0 Å². The average molecular weight is 164 g/mol. The van der Waals surface area contributed by atoms with Gasteiger partial charge in [0.1, 0.15) is 0 Å². The monoisotopic (exact) mass is 164 g/mol. The topological polar surface area (TPSA) is 24.9 Å². The number of nitrogens with zero attached hydrogens (tertiary/aromatic N) is 1. The average Bonchev–Trinajstić information content (AvgIpc) is 2.19. The van der Waals surface area contributed by atoms with Crippen LogP contribution in [0, 0.1) is 0 Å². The predicted molar refractivity (Wildman–Crippen MR) is 48.8 cm³/mol. The molecule has 0 radical (unpaired) electrons. The summed E-state index contributed by atoms with van der Waals surface area (Å²) < 4.78 is 15.0. The largest absolute Gasteiger partial charge is 0.310 e. The van der Waals surface area contributed by atoms with Gasteiger partial charge in [0.05, 0.1) is 2.74 Å². The molecule has 0 spiro atoms. The number of hydrogen-bond donors (Lipinski definition) is 1. The molecule has 12 heavy (non-hydrogen) atoms. The van der Waals surface area contributed by atoms with E-state index in [9.17, 15) is 0 Å². The van der Waals surface area contributed by atoms with Gasteiger partial charge in [-0.25, -0.2) is 0 Å². The van der Waals surface area contributed by atoms with Crippen LogP contribution in [-0.2, 0) is 0 Å². The SMILES string of the molecule is [2H]c1ccc(C2CCCCN2)c([2H])n1. The van der Waals surface area contributed by atoms with Gasteiger partial charge in [0.2, 0.25) is 0 Å². The molecule has 1 aliphatic rings. The summed E-state index contributed by atoms with van der Waals surface area (Å²) in [6.07, 6.45) is 3.92. The maximum absolute atomic E-state index is 7.68. The van der Waals surface area contributed by atoms with Crippen LogP contribution < -0.4 is 5.32 Å². The number of piperidine rings is 1. The fraction of sp³-hybridized carbons (Fsp3) is 0.500. The van der Waals surface area contributed by atoms with Crippen molar-refractivity contribution in [3.63, 3.8) is 0 Å². The van der Waals surface area contributed by atoms with Gasteiger partial charge in [-0.2, -0.15) is 0 Å². The van der Waals surface area contributed by atoms with Gasteiger partial charge in [0, 0.05) is 18.4 Å². The zero-order valence-corrected chi connectivity index (χ0v) is 7.01. The van der Waals surface area contributed by atoms with E-state index in [1.54, 1.807) is 6.07 Å². The normalized spacial score (nSPS) is 26.2. The lowest BCUT2D eigenvalue weighted by molar-refractivity contribution is 0.411. The summed E-state index contributed by atoms with van der Waals surface area (Å²) in [5.41, 5.74) is 0.931. The molecule has 1 fully saturated rings. The zero-order valence-electron chi connectivity index (χ0n) is 9.01. The summed E-state index contributed by atoms with van der Waals surface area (Å²) in [7, 11) is 0. The van der Waals surface area contributed by atoms with Crippen molar-refractivity contribution in [2.45, 2.75) is 25.3 Å². The summed E-state index contributed by atoms with van der Waals surface area (Å²) in [5.74, 6) is 0. The van der Waals surface area contributed by atoms with Crippen molar-refractivity contribution in [2.75, 3.05) is 6.54 Å². The summed E-state index contributed by atoms with van der Waals surface area (Å²) >= 11 is 0. The van der Waals surface area contributed by atoms with Gasteiger partial charge in [0.15, 0.2) is 0 Å². The van der Waals surface area contributed by atoms with E-state index in [0.717, 1.165) is 18.5 Å². The Morgan fingerprint density at radius 1 is 1.58 bits per heavy atom. The molecule has 1 aromatic rings. The van der Waals surface area contributed by atoms with E-state index in [0.29, 0.717) is 0 Å². The van der Waals surface area contributed by atoms with Gasteiger partial charge in [-0.05, 0) is 31.0 Å². The molecule has 1 unspecified atom stereocenters. The molecule has 0 amide bonds. The van der Waals surface area contributed by atoms with E-state index < -0.39 is 0 Å². The van der Waals surface area contributed by atoms with E-state index in [1.807, 2.05) is 6.07 Å². The third-order valence-electron chi connectivity index (χ3n) is 2.27. The lowest BCUT2D eigenvalue weighted by Gasteiger charge is -2.23. The highest BCUT2D eigenvalue weighted by Gasteiger charge is 2.13. The molecule has 2 rings (SSSR count). The van der Waals surface area contributed by atoms with Crippen LogP contribution in [0.15, 0.2) is 24.5 Å². The first-order valence-electron chi connectivity index (χ1n) is 5.45. The Morgan fingerprint density at radius 2 is 2.58 bits per heavy atom. The minimum absolute atomic E-state index is 0.176. The van der Waals surface area contributed by atoms with Crippen LogP contribution in [0.5, 0.6) is 0 Å². The van der Waals surface area contributed by atoms with E-state index in [2.05, 4.69) is 10.3 Å². The maximum Gasteiger partial charge on any atom is 0.0843 e. The van der Waals surface area contributed by atoms with Gasteiger partial charge in [-0.15, -0.1) is 0 Å². The molecule has 2 nitrogen and oxygen atoms in total. The first-order valence-corrected chi connectivity index (χ1v) is 4.45. The minimum Gasteiger partial charge on any atom is -0.310 e. The number of hydrogen-bond acceptors (Lipinski definition) is 2. The summed E-state index contributed by atoms with van der Waals surface area (Å²) in [6, 6.07) is 3.77. The van der Waals surface area contributed by atoms with Crippen LogP contribution in [0.1, 0.15) is 33.6 Å². The first kappa shape index (κ1) is 5.70. The van der Waals surface area contributed by atoms with Gasteiger partial charge in [-0.3, -0.25) is 4.98 Å². The molecule has 0 bridgehead atoms. The molecule has 1 aromatic heterocycles. The fourth-order valence-electron chi connectivity index (χ4n) is 1.61. The number of pyridine rings is 1. The highest BCUT2D eigenvalue weighted by Crippen LogP contribution is 2.21. The van der Waals surface area contributed by atoms with Crippen molar-refractivity contribution < 1.29 is 2.74 Å². The number of nitrogens with one attached hydrogen (secondary N) is 1. The lowest BCUT2D eigenvalue weighted by Crippen LogP contribution is -2.26. The summed E-state index contributed by atoms with van der Waals surface area (Å²) in [6.45, 7) is 1.02. The predicted octanol–water partition coefficient (Wildman–Crippen LogP) is 1.90. The first-order chi connectivity index (χ1) is 6.77. The Hall–Kier alpha value is -0.890. The summed E-state index contributed by atoms with van der Waals surface area (Å²) in [4.78, 5) is 3.84. The molecule has 0 saturated carbocycles. The van der Waals surface area contributed by atoms with Crippen LogP contribution >= 0.6 is 0 Å². The van der Waals surface area contributed by atoms with E-state index >= 15 is 0 Å². The smallest absolute Gasteiger partial charge is 0.0843 e. The summed E-state index contributed by atoms with van der Waals surface area (Å²) in [5, 5.41) is 3.37. The van der Waals surface area contributed by atoms with E-state index in [-0.39, 0.29) is 18.4 Å². The Labute approximate surface area is 75.8 Å². The van der Waals surface area contributed by atoms with Crippen molar-refractivity contribution in [1.29, 1.82) is 0 Å². The van der Waals surface area contributed by atoms with Crippen LogP contribution in [0.4, 0.5) is 0 Å². The van der Waals surface area contributed by atoms with Crippen molar-refractivity contribution >= 4 is 0 Å². The Kier molecular flexibility index (Phi) is 1.75. The molecule has 1 N–H and O–H groups in total. The maximum atomic E-state index is 7.68. The van der Waals surface area contributed by atoms with Gasteiger partial charge >= 0.3 is 0 Å². The van der Waals surface area contributed by atoms with Gasteiger partial charge in [0.25, 0.3) is 0 Å². The lowest BCUT2D eigenvalue weighted by atomic mass is 9.99. The van der Waals surface area contributed by atoms with Crippen molar-refractivity contribution in [2.24, 2.45) is 0 Å². The minimum atomic E-state index is 0.176. The molecule has 1 saturated heterocycles. The standard InChI is InChI=1S/C10H14N2/c1-2-7-12-10(5-1)9-4-3-6-11-8-9/h3-4,6,8,10,12H,1-2,5,7H2/i6D,8D. The Morgan fingerprint density at radius 3 is 3.33 bits per heavy atom. The third-order valence-corrected chi connectivity index (χ3v) is 2.27. The third kappa shape index (κ3) is 1.64. The van der Waals surface area contributed by atoms with Crippen LogP contribution in [0.2, 0.25) is 0 Å². The fourth-order valence-corrected chi connectivity index (χ4v) is 1.61. The molecular formula is C10H14N2. The molecule has 64 valence electrons. The number of aromatic nitrogens is 1. The molecule has 1 atom stereocenters. The van der Waals surface area contributed by atoms with Gasteiger partial charge < -0.3 is 5.32 Å².